The minimum Gasteiger partial charge on any atom is -0.460 e. The molecule has 2 rings (SSSR count). The van der Waals surface area contributed by atoms with Crippen LogP contribution in [-0.2, 0) is 16.0 Å². The second-order valence-electron chi connectivity index (χ2n) is 4.89. The largest absolute Gasteiger partial charge is 0.460 e. The van der Waals surface area contributed by atoms with Gasteiger partial charge in [0.25, 0.3) is 5.91 Å². The molecule has 0 saturated heterocycles. The second kappa shape index (κ2) is 8.58. The summed E-state index contributed by atoms with van der Waals surface area (Å²) in [5, 5.41) is 2.66. The van der Waals surface area contributed by atoms with E-state index < -0.39 is 17.9 Å². The van der Waals surface area contributed by atoms with Gasteiger partial charge in [-0.05, 0) is 24.6 Å². The monoisotopic (exact) mass is 313 g/mol. The first-order valence-electron chi connectivity index (χ1n) is 7.36. The predicted molar refractivity (Wildman–Crippen MR) is 85.9 cm³/mol. The number of rotatable bonds is 7. The number of nitrogens with one attached hydrogen (secondary N) is 1. The van der Waals surface area contributed by atoms with Gasteiger partial charge in [0.2, 0.25) is 0 Å². The maximum absolute atomic E-state index is 12.2. The molecule has 0 spiro atoms. The van der Waals surface area contributed by atoms with Crippen molar-refractivity contribution < 1.29 is 18.7 Å². The van der Waals surface area contributed by atoms with E-state index in [1.165, 1.54) is 6.26 Å². The van der Waals surface area contributed by atoms with Gasteiger partial charge in [0.15, 0.2) is 5.76 Å². The third-order valence-electron chi connectivity index (χ3n) is 3.17. The summed E-state index contributed by atoms with van der Waals surface area (Å²) in [7, 11) is 0. The van der Waals surface area contributed by atoms with Gasteiger partial charge in [-0.2, -0.15) is 0 Å². The molecule has 5 heteroatoms. The smallest absolute Gasteiger partial charge is 0.329 e. The summed E-state index contributed by atoms with van der Waals surface area (Å²) in [5.41, 5.74) is 0.931. The molecule has 0 aliphatic rings. The van der Waals surface area contributed by atoms with Crippen molar-refractivity contribution >= 4 is 11.9 Å². The van der Waals surface area contributed by atoms with Crippen LogP contribution in [0.25, 0.3) is 0 Å². The summed E-state index contributed by atoms with van der Waals surface area (Å²) >= 11 is 0. The first-order chi connectivity index (χ1) is 11.2. The normalized spacial score (nSPS) is 12.0. The van der Waals surface area contributed by atoms with E-state index in [2.05, 4.69) is 5.32 Å². The van der Waals surface area contributed by atoms with Crippen LogP contribution in [0.4, 0.5) is 0 Å². The molecule has 0 unspecified atom stereocenters. The van der Waals surface area contributed by atoms with Gasteiger partial charge in [-0.3, -0.25) is 4.79 Å². The summed E-state index contributed by atoms with van der Waals surface area (Å²) in [5.74, 6) is -0.768. The van der Waals surface area contributed by atoms with Crippen molar-refractivity contribution in [2.45, 2.75) is 19.4 Å². The van der Waals surface area contributed by atoms with Crippen molar-refractivity contribution in [1.29, 1.82) is 0 Å². The quantitative estimate of drug-likeness (QED) is 0.630. The molecule has 0 radical (unpaired) electrons. The lowest BCUT2D eigenvalue weighted by Crippen LogP contribution is -2.43. The third-order valence-corrected chi connectivity index (χ3v) is 3.17. The number of benzene rings is 1. The van der Waals surface area contributed by atoms with Crippen LogP contribution in [0, 0.1) is 0 Å². The zero-order valence-corrected chi connectivity index (χ0v) is 12.9. The predicted octanol–water partition coefficient (Wildman–Crippen LogP) is 2.74. The van der Waals surface area contributed by atoms with Gasteiger partial charge >= 0.3 is 5.97 Å². The van der Waals surface area contributed by atoms with E-state index in [1.54, 1.807) is 24.3 Å². The van der Waals surface area contributed by atoms with E-state index in [9.17, 15) is 9.59 Å². The number of hydrogen-bond donors (Lipinski definition) is 1. The van der Waals surface area contributed by atoms with Gasteiger partial charge in [0, 0.05) is 6.42 Å². The van der Waals surface area contributed by atoms with Crippen LogP contribution in [0.1, 0.15) is 23.0 Å². The average molecular weight is 313 g/mol. The molecule has 1 aromatic heterocycles. The fraction of sp³-hybridized carbons (Fsp3) is 0.222. The maximum atomic E-state index is 12.2. The van der Waals surface area contributed by atoms with Crippen molar-refractivity contribution in [2.24, 2.45) is 0 Å². The molecule has 0 aliphatic carbocycles. The molecule has 1 amide bonds. The SMILES string of the molecule is C/C=C/COC(=O)[C@H](Cc1ccccc1)NC(=O)c1ccco1. The molecule has 1 heterocycles. The standard InChI is InChI=1S/C18H19NO4/c1-2-3-11-23-18(21)15(13-14-8-5-4-6-9-14)19-17(20)16-10-7-12-22-16/h2-10,12,15H,11,13H2,1H3,(H,19,20)/b3-2+/t15-/m0/s1. The molecule has 1 aromatic carbocycles. The molecule has 0 fully saturated rings. The summed E-state index contributed by atoms with van der Waals surface area (Å²) in [6.45, 7) is 2.02. The minimum atomic E-state index is -0.778. The van der Waals surface area contributed by atoms with Gasteiger partial charge in [-0.1, -0.05) is 42.5 Å². The molecule has 0 bridgehead atoms. The Bertz CT molecular complexity index is 647. The molecule has 120 valence electrons. The Kier molecular flexibility index (Phi) is 6.17. The summed E-state index contributed by atoms with van der Waals surface area (Å²) in [6.07, 6.45) is 5.28. The topological polar surface area (TPSA) is 68.5 Å². The Hall–Kier alpha value is -2.82. The zero-order chi connectivity index (χ0) is 16.5. The molecule has 1 N–H and O–H groups in total. The second-order valence-corrected chi connectivity index (χ2v) is 4.89. The van der Waals surface area contributed by atoms with Crippen LogP contribution in [0.3, 0.4) is 0 Å². The van der Waals surface area contributed by atoms with Gasteiger partial charge in [0.1, 0.15) is 12.6 Å². The number of furan rings is 1. The Labute approximate surface area is 134 Å². The number of hydrogen-bond acceptors (Lipinski definition) is 4. The van der Waals surface area contributed by atoms with Crippen molar-refractivity contribution in [2.75, 3.05) is 6.61 Å². The summed E-state index contributed by atoms with van der Waals surface area (Å²) in [6, 6.07) is 11.8. The van der Waals surface area contributed by atoms with Gasteiger partial charge < -0.3 is 14.5 Å². The molecular formula is C18H19NO4. The van der Waals surface area contributed by atoms with Crippen molar-refractivity contribution in [3.63, 3.8) is 0 Å². The number of esters is 1. The van der Waals surface area contributed by atoms with Gasteiger partial charge in [-0.25, -0.2) is 4.79 Å². The Morgan fingerprint density at radius 2 is 2.00 bits per heavy atom. The number of ether oxygens (including phenoxy) is 1. The maximum Gasteiger partial charge on any atom is 0.329 e. The van der Waals surface area contributed by atoms with Crippen LogP contribution < -0.4 is 5.32 Å². The molecule has 0 aliphatic heterocycles. The summed E-state index contributed by atoms with van der Waals surface area (Å²) in [4.78, 5) is 24.3. The van der Waals surface area contributed by atoms with Crippen LogP contribution in [0.5, 0.6) is 0 Å². The highest BCUT2D eigenvalue weighted by Crippen LogP contribution is 2.07. The van der Waals surface area contributed by atoms with Crippen molar-refractivity contribution in [3.8, 4) is 0 Å². The molecular weight excluding hydrogens is 294 g/mol. The Morgan fingerprint density at radius 3 is 2.65 bits per heavy atom. The van der Waals surface area contributed by atoms with Gasteiger partial charge in [-0.15, -0.1) is 0 Å². The molecule has 1 atom stereocenters. The van der Waals surface area contributed by atoms with E-state index in [4.69, 9.17) is 9.15 Å². The zero-order valence-electron chi connectivity index (χ0n) is 12.9. The fourth-order valence-electron chi connectivity index (χ4n) is 2.01. The van der Waals surface area contributed by atoms with E-state index >= 15 is 0 Å². The molecule has 2 aromatic rings. The fourth-order valence-corrected chi connectivity index (χ4v) is 2.01. The molecule has 0 saturated carbocycles. The molecule has 23 heavy (non-hydrogen) atoms. The van der Waals surface area contributed by atoms with Crippen LogP contribution >= 0.6 is 0 Å². The van der Waals surface area contributed by atoms with E-state index in [-0.39, 0.29) is 12.4 Å². The number of amides is 1. The lowest BCUT2D eigenvalue weighted by atomic mass is 10.1. The van der Waals surface area contributed by atoms with Crippen LogP contribution in [0.2, 0.25) is 0 Å². The highest BCUT2D eigenvalue weighted by Gasteiger charge is 2.24. The first kappa shape index (κ1) is 16.5. The van der Waals surface area contributed by atoms with Gasteiger partial charge in [0.05, 0.1) is 6.26 Å². The number of allylic oxidation sites excluding steroid dienone is 1. The van der Waals surface area contributed by atoms with E-state index in [0.717, 1.165) is 5.56 Å². The number of carbonyl (C=O) groups is 2. The van der Waals surface area contributed by atoms with Crippen LogP contribution in [-0.4, -0.2) is 24.5 Å². The minimum absolute atomic E-state index is 0.157. The average Bonchev–Trinajstić information content (AvgIpc) is 3.10. The Morgan fingerprint density at radius 1 is 1.22 bits per heavy atom. The van der Waals surface area contributed by atoms with Crippen molar-refractivity contribution in [1.82, 2.24) is 5.32 Å². The molecule has 5 nitrogen and oxygen atoms in total. The number of carbonyl (C=O) groups excluding carboxylic acids is 2. The summed E-state index contributed by atoms with van der Waals surface area (Å²) < 4.78 is 10.2. The van der Waals surface area contributed by atoms with Crippen molar-refractivity contribution in [3.05, 3.63) is 72.2 Å². The highest BCUT2D eigenvalue weighted by molar-refractivity contribution is 5.94. The van der Waals surface area contributed by atoms with Crippen LogP contribution in [0.15, 0.2) is 65.3 Å². The van der Waals surface area contributed by atoms with E-state index in [0.29, 0.717) is 6.42 Å². The highest BCUT2D eigenvalue weighted by atomic mass is 16.5. The van der Waals surface area contributed by atoms with E-state index in [1.807, 2.05) is 37.3 Å². The first-order valence-corrected chi connectivity index (χ1v) is 7.36. The third kappa shape index (κ3) is 5.14. The lowest BCUT2D eigenvalue weighted by Gasteiger charge is -2.16. The Balaban J connectivity index is 2.07. The lowest BCUT2D eigenvalue weighted by molar-refractivity contribution is -0.144.